The maximum atomic E-state index is 13.8. The van der Waals surface area contributed by atoms with Crippen molar-refractivity contribution in [3.05, 3.63) is 59.9 Å². The van der Waals surface area contributed by atoms with Gasteiger partial charge in [-0.25, -0.2) is 9.18 Å². The first-order valence-corrected chi connectivity index (χ1v) is 13.0. The molecular weight excluding hydrogens is 443 g/mol. The molecule has 2 aromatic carbocycles. The van der Waals surface area contributed by atoms with Crippen LogP contribution in [0.3, 0.4) is 0 Å². The molecule has 2 aromatic rings. The lowest BCUT2D eigenvalue weighted by molar-refractivity contribution is 0.000392. The number of halogens is 1. The maximum absolute atomic E-state index is 13.8. The topological polar surface area (TPSA) is 70.8 Å². The number of anilines is 2. The Bertz CT molecular complexity index is 993. The highest BCUT2D eigenvalue weighted by atomic mass is 19.1. The SMILES string of the molecule is Nc1ccc(N2CCC(CN3CCC4(CC3)CC(NC(=O)OCc3ccccc3)C4)CC2)cc1F. The number of ether oxygens (including phenoxy) is 1. The molecule has 0 atom stereocenters. The quantitative estimate of drug-likeness (QED) is 0.582. The van der Waals surface area contributed by atoms with Gasteiger partial charge in [0.15, 0.2) is 0 Å². The number of hydrogen-bond donors (Lipinski definition) is 2. The minimum atomic E-state index is -0.329. The van der Waals surface area contributed by atoms with Gasteiger partial charge in [0.2, 0.25) is 0 Å². The first-order valence-electron chi connectivity index (χ1n) is 13.0. The number of nitrogens with two attached hydrogens (primary N) is 1. The van der Waals surface area contributed by atoms with Crippen molar-refractivity contribution in [2.45, 2.75) is 51.2 Å². The van der Waals surface area contributed by atoms with Crippen LogP contribution in [0.2, 0.25) is 0 Å². The third-order valence-corrected chi connectivity index (χ3v) is 8.29. The zero-order valence-electron chi connectivity index (χ0n) is 20.4. The van der Waals surface area contributed by atoms with E-state index in [1.54, 1.807) is 12.1 Å². The van der Waals surface area contributed by atoms with Crippen LogP contribution in [0.25, 0.3) is 0 Å². The zero-order chi connectivity index (χ0) is 24.3. The number of likely N-dealkylation sites (tertiary alicyclic amines) is 1. The predicted octanol–water partition coefficient (Wildman–Crippen LogP) is 4.80. The lowest BCUT2D eigenvalue weighted by Crippen LogP contribution is -2.55. The Labute approximate surface area is 207 Å². The number of rotatable bonds is 6. The van der Waals surface area contributed by atoms with Crippen molar-refractivity contribution >= 4 is 17.5 Å². The van der Waals surface area contributed by atoms with Gasteiger partial charge in [-0.05, 0) is 86.7 Å². The molecule has 0 aromatic heterocycles. The number of nitrogens with zero attached hydrogens (tertiary/aromatic N) is 2. The minimum absolute atomic E-state index is 0.211. The summed E-state index contributed by atoms with van der Waals surface area (Å²) >= 11 is 0. The molecule has 2 aliphatic heterocycles. The van der Waals surface area contributed by atoms with Gasteiger partial charge in [-0.3, -0.25) is 0 Å². The van der Waals surface area contributed by atoms with Crippen molar-refractivity contribution < 1.29 is 13.9 Å². The van der Waals surface area contributed by atoms with Crippen LogP contribution >= 0.6 is 0 Å². The molecule has 1 amide bonds. The van der Waals surface area contributed by atoms with Gasteiger partial charge in [0, 0.05) is 31.4 Å². The standard InChI is InChI=1S/C28H37FN4O2/c29-25-16-24(6-7-26(25)30)33-12-8-21(9-13-33)19-32-14-10-28(11-15-32)17-23(18-28)31-27(34)35-20-22-4-2-1-3-5-22/h1-7,16,21,23H,8-15,17-20,30H2,(H,31,34). The normalized spacial score (nSPS) is 21.0. The van der Waals surface area contributed by atoms with Crippen molar-refractivity contribution in [2.24, 2.45) is 11.3 Å². The van der Waals surface area contributed by atoms with Crippen LogP contribution in [-0.4, -0.2) is 49.8 Å². The van der Waals surface area contributed by atoms with E-state index < -0.39 is 0 Å². The van der Waals surface area contributed by atoms with Crippen molar-refractivity contribution in [1.29, 1.82) is 0 Å². The average Bonchev–Trinajstić information content (AvgIpc) is 2.86. The third-order valence-electron chi connectivity index (χ3n) is 8.29. The highest BCUT2D eigenvalue weighted by molar-refractivity contribution is 5.67. The van der Waals surface area contributed by atoms with Crippen LogP contribution in [0.15, 0.2) is 48.5 Å². The second-order valence-electron chi connectivity index (χ2n) is 10.7. The molecule has 1 aliphatic carbocycles. The fourth-order valence-corrected chi connectivity index (χ4v) is 6.09. The summed E-state index contributed by atoms with van der Waals surface area (Å²) in [5, 5.41) is 3.05. The number of piperidine rings is 2. The van der Waals surface area contributed by atoms with Gasteiger partial charge in [0.05, 0.1) is 5.69 Å². The molecule has 2 saturated heterocycles. The second kappa shape index (κ2) is 10.4. The summed E-state index contributed by atoms with van der Waals surface area (Å²) in [6, 6.07) is 15.2. The highest BCUT2D eigenvalue weighted by Crippen LogP contribution is 2.49. The molecule has 1 spiro atoms. The lowest BCUT2D eigenvalue weighted by Gasteiger charge is -2.52. The van der Waals surface area contributed by atoms with Crippen LogP contribution < -0.4 is 16.0 Å². The van der Waals surface area contributed by atoms with Gasteiger partial charge >= 0.3 is 6.09 Å². The van der Waals surface area contributed by atoms with E-state index in [2.05, 4.69) is 15.1 Å². The summed E-state index contributed by atoms with van der Waals surface area (Å²) in [6.45, 7) is 5.71. The number of hydrogen-bond acceptors (Lipinski definition) is 5. The predicted molar refractivity (Wildman–Crippen MR) is 137 cm³/mol. The lowest BCUT2D eigenvalue weighted by atomic mass is 9.60. The molecule has 35 heavy (non-hydrogen) atoms. The van der Waals surface area contributed by atoms with Gasteiger partial charge in [-0.15, -0.1) is 0 Å². The van der Waals surface area contributed by atoms with E-state index in [0.29, 0.717) is 17.9 Å². The van der Waals surface area contributed by atoms with Crippen molar-refractivity contribution in [1.82, 2.24) is 10.2 Å². The maximum Gasteiger partial charge on any atom is 0.407 e. The molecule has 0 unspecified atom stereocenters. The van der Waals surface area contributed by atoms with Gasteiger partial charge in [-0.2, -0.15) is 0 Å². The van der Waals surface area contributed by atoms with Crippen LogP contribution in [0.4, 0.5) is 20.6 Å². The largest absolute Gasteiger partial charge is 0.445 e. The molecule has 3 N–H and O–H groups in total. The zero-order valence-corrected chi connectivity index (χ0v) is 20.4. The minimum Gasteiger partial charge on any atom is -0.445 e. The van der Waals surface area contributed by atoms with Crippen molar-refractivity contribution in [2.75, 3.05) is 43.4 Å². The number of carbonyl (C=O) groups is 1. The van der Waals surface area contributed by atoms with E-state index in [0.717, 1.165) is 69.7 Å². The number of nitrogen functional groups attached to an aromatic ring is 1. The Hall–Kier alpha value is -2.80. The summed E-state index contributed by atoms with van der Waals surface area (Å²) in [5.41, 5.74) is 8.17. The van der Waals surface area contributed by atoms with Crippen molar-refractivity contribution in [3.63, 3.8) is 0 Å². The molecule has 3 fully saturated rings. The second-order valence-corrected chi connectivity index (χ2v) is 10.7. The first-order chi connectivity index (χ1) is 17.0. The Kier molecular flexibility index (Phi) is 7.14. The Morgan fingerprint density at radius 3 is 2.46 bits per heavy atom. The number of nitrogens with one attached hydrogen (secondary N) is 1. The van der Waals surface area contributed by atoms with Gasteiger partial charge < -0.3 is 25.6 Å². The van der Waals surface area contributed by atoms with E-state index in [-0.39, 0.29) is 23.6 Å². The fraction of sp³-hybridized carbons (Fsp3) is 0.536. The van der Waals surface area contributed by atoms with Crippen molar-refractivity contribution in [3.8, 4) is 0 Å². The smallest absolute Gasteiger partial charge is 0.407 e. The number of amides is 1. The first kappa shape index (κ1) is 23.9. The van der Waals surface area contributed by atoms with Crippen LogP contribution in [0, 0.1) is 17.2 Å². The number of carbonyl (C=O) groups excluding carboxylic acids is 1. The Balaban J connectivity index is 0.983. The van der Waals surface area contributed by atoms with Gasteiger partial charge in [0.25, 0.3) is 0 Å². The Morgan fingerprint density at radius 1 is 1.06 bits per heavy atom. The highest BCUT2D eigenvalue weighted by Gasteiger charge is 2.46. The average molecular weight is 481 g/mol. The van der Waals surface area contributed by atoms with E-state index >= 15 is 0 Å². The van der Waals surface area contributed by atoms with E-state index in [4.69, 9.17) is 10.5 Å². The molecule has 5 rings (SSSR count). The Morgan fingerprint density at radius 2 is 1.77 bits per heavy atom. The summed E-state index contributed by atoms with van der Waals surface area (Å²) in [4.78, 5) is 17.0. The molecule has 0 radical (unpaired) electrons. The molecular formula is C28H37FN4O2. The molecule has 6 nitrogen and oxygen atoms in total. The van der Waals surface area contributed by atoms with Gasteiger partial charge in [0.1, 0.15) is 12.4 Å². The van der Waals surface area contributed by atoms with Crippen LogP contribution in [0.5, 0.6) is 0 Å². The molecule has 0 bridgehead atoms. The molecule has 1 saturated carbocycles. The molecule has 7 heteroatoms. The van der Waals surface area contributed by atoms with E-state index in [9.17, 15) is 9.18 Å². The van der Waals surface area contributed by atoms with Crippen LogP contribution in [-0.2, 0) is 11.3 Å². The number of benzene rings is 2. The fourth-order valence-electron chi connectivity index (χ4n) is 6.09. The molecule has 2 heterocycles. The van der Waals surface area contributed by atoms with E-state index in [1.807, 2.05) is 36.4 Å². The summed E-state index contributed by atoms with van der Waals surface area (Å²) in [6.07, 6.45) is 6.55. The molecule has 3 aliphatic rings. The summed E-state index contributed by atoms with van der Waals surface area (Å²) < 4.78 is 19.2. The monoisotopic (exact) mass is 480 g/mol. The van der Waals surface area contributed by atoms with Crippen LogP contribution in [0.1, 0.15) is 44.1 Å². The summed E-state index contributed by atoms with van der Waals surface area (Å²) in [5.74, 6) is 0.374. The molecule has 188 valence electrons. The third kappa shape index (κ3) is 5.89. The summed E-state index contributed by atoms with van der Waals surface area (Å²) in [7, 11) is 0. The van der Waals surface area contributed by atoms with Gasteiger partial charge in [-0.1, -0.05) is 30.3 Å². The number of alkyl carbamates (subject to hydrolysis) is 1. The van der Waals surface area contributed by atoms with E-state index in [1.165, 1.54) is 12.8 Å².